The number of ether oxygens (including phenoxy) is 3. The SMILES string of the molecule is COc1ccc(CN2CCOC3(CN(Cc4ccc(OC(C)C)cc4)CC3c3cn(C(C)C)cn3)C2=O)cc1. The number of hydrogen-bond acceptors (Lipinski definition) is 6. The second-order valence-corrected chi connectivity index (χ2v) is 11.2. The summed E-state index contributed by atoms with van der Waals surface area (Å²) in [6.45, 7) is 11.9. The molecule has 2 fully saturated rings. The number of aromatic nitrogens is 2. The van der Waals surface area contributed by atoms with Gasteiger partial charge in [0, 0.05) is 45.0 Å². The van der Waals surface area contributed by atoms with Crippen molar-refractivity contribution in [3.8, 4) is 11.5 Å². The molecule has 2 atom stereocenters. The number of carbonyl (C=O) groups excluding carboxylic acids is 1. The van der Waals surface area contributed by atoms with Gasteiger partial charge >= 0.3 is 0 Å². The van der Waals surface area contributed by atoms with E-state index in [2.05, 4.69) is 41.6 Å². The molecule has 0 aliphatic carbocycles. The Morgan fingerprint density at radius 3 is 2.28 bits per heavy atom. The molecule has 1 aromatic heterocycles. The third kappa shape index (κ3) is 5.82. The van der Waals surface area contributed by atoms with Crippen LogP contribution in [0.15, 0.2) is 61.1 Å². The lowest BCUT2D eigenvalue weighted by Crippen LogP contribution is -2.60. The van der Waals surface area contributed by atoms with Gasteiger partial charge < -0.3 is 23.7 Å². The van der Waals surface area contributed by atoms with Crippen LogP contribution in [0, 0.1) is 0 Å². The van der Waals surface area contributed by atoms with Crippen LogP contribution in [0.4, 0.5) is 0 Å². The Balaban J connectivity index is 1.40. The molecular weight excluding hydrogens is 492 g/mol. The summed E-state index contributed by atoms with van der Waals surface area (Å²) >= 11 is 0. The van der Waals surface area contributed by atoms with Gasteiger partial charge in [-0.05, 0) is 63.1 Å². The first kappa shape index (κ1) is 27.2. The van der Waals surface area contributed by atoms with Crippen molar-refractivity contribution in [3.63, 3.8) is 0 Å². The Morgan fingerprint density at radius 2 is 1.67 bits per heavy atom. The zero-order valence-electron chi connectivity index (χ0n) is 23.7. The fraction of sp³-hybridized carbons (Fsp3) is 0.484. The maximum atomic E-state index is 14.2. The summed E-state index contributed by atoms with van der Waals surface area (Å²) in [6, 6.07) is 16.4. The molecule has 1 amide bonds. The number of carbonyl (C=O) groups is 1. The van der Waals surface area contributed by atoms with Crippen molar-refractivity contribution >= 4 is 5.91 Å². The molecule has 0 saturated carbocycles. The molecule has 0 radical (unpaired) electrons. The van der Waals surface area contributed by atoms with Crippen LogP contribution in [0.2, 0.25) is 0 Å². The number of hydrogen-bond donors (Lipinski definition) is 0. The standard InChI is InChI=1S/C31H40N4O4/c1-22(2)35-19-29(32-21-35)28-18-33(16-24-8-12-27(13-9-24)39-23(3)4)20-31(28)30(36)34(14-15-38-31)17-25-6-10-26(37-5)11-7-25/h6-13,19,21-23,28H,14-18,20H2,1-5H3. The molecule has 0 bridgehead atoms. The number of morpholine rings is 1. The first-order valence-electron chi connectivity index (χ1n) is 13.8. The molecule has 8 heteroatoms. The van der Waals surface area contributed by atoms with Gasteiger partial charge in [-0.3, -0.25) is 9.69 Å². The van der Waals surface area contributed by atoms with Crippen LogP contribution < -0.4 is 9.47 Å². The number of rotatable bonds is 9. The van der Waals surface area contributed by atoms with E-state index in [4.69, 9.17) is 19.2 Å². The van der Waals surface area contributed by atoms with Crippen LogP contribution in [0.1, 0.15) is 56.5 Å². The summed E-state index contributed by atoms with van der Waals surface area (Å²) in [6.07, 6.45) is 4.08. The fourth-order valence-corrected chi connectivity index (χ4v) is 5.62. The van der Waals surface area contributed by atoms with Crippen molar-refractivity contribution < 1.29 is 19.0 Å². The largest absolute Gasteiger partial charge is 0.497 e. The lowest BCUT2D eigenvalue weighted by Gasteiger charge is -2.42. The van der Waals surface area contributed by atoms with Crippen LogP contribution >= 0.6 is 0 Å². The normalized spacial score (nSPS) is 21.9. The minimum atomic E-state index is -0.971. The Hall–Kier alpha value is -3.36. The van der Waals surface area contributed by atoms with Crippen LogP contribution in [-0.2, 0) is 22.6 Å². The third-order valence-electron chi connectivity index (χ3n) is 7.64. The highest BCUT2D eigenvalue weighted by atomic mass is 16.5. The van der Waals surface area contributed by atoms with Gasteiger partial charge in [-0.2, -0.15) is 0 Å². The number of benzene rings is 2. The molecule has 39 heavy (non-hydrogen) atoms. The third-order valence-corrected chi connectivity index (χ3v) is 7.64. The maximum absolute atomic E-state index is 14.2. The smallest absolute Gasteiger partial charge is 0.257 e. The van der Waals surface area contributed by atoms with Crippen LogP contribution in [0.25, 0.3) is 0 Å². The molecule has 3 heterocycles. The van der Waals surface area contributed by atoms with Gasteiger partial charge in [0.25, 0.3) is 5.91 Å². The quantitative estimate of drug-likeness (QED) is 0.399. The fourth-order valence-electron chi connectivity index (χ4n) is 5.62. The van der Waals surface area contributed by atoms with E-state index in [-0.39, 0.29) is 17.9 Å². The summed E-state index contributed by atoms with van der Waals surface area (Å²) in [5.41, 5.74) is 2.18. The zero-order valence-corrected chi connectivity index (χ0v) is 23.7. The van der Waals surface area contributed by atoms with E-state index in [1.165, 1.54) is 5.56 Å². The van der Waals surface area contributed by atoms with Gasteiger partial charge in [-0.15, -0.1) is 0 Å². The monoisotopic (exact) mass is 532 g/mol. The maximum Gasteiger partial charge on any atom is 0.257 e. The second kappa shape index (κ2) is 11.4. The Bertz CT molecular complexity index is 1250. The topological polar surface area (TPSA) is 69.1 Å². The Labute approximate surface area is 231 Å². The van der Waals surface area contributed by atoms with Gasteiger partial charge in [0.15, 0.2) is 5.60 Å². The molecule has 8 nitrogen and oxygen atoms in total. The summed E-state index contributed by atoms with van der Waals surface area (Å²) in [4.78, 5) is 23.3. The molecule has 208 valence electrons. The summed E-state index contributed by atoms with van der Waals surface area (Å²) in [7, 11) is 1.66. The van der Waals surface area contributed by atoms with Crippen molar-refractivity contribution in [2.45, 2.75) is 64.4 Å². The van der Waals surface area contributed by atoms with Crippen molar-refractivity contribution in [2.75, 3.05) is 33.4 Å². The van der Waals surface area contributed by atoms with E-state index < -0.39 is 5.60 Å². The lowest BCUT2D eigenvalue weighted by atomic mass is 9.85. The molecule has 1 spiro atoms. The molecule has 2 unspecified atom stereocenters. The highest BCUT2D eigenvalue weighted by molar-refractivity contribution is 5.88. The molecule has 2 aliphatic rings. The Morgan fingerprint density at radius 1 is 1.00 bits per heavy atom. The number of imidazole rings is 1. The van der Waals surface area contributed by atoms with Gasteiger partial charge in [-0.1, -0.05) is 24.3 Å². The van der Waals surface area contributed by atoms with Crippen LogP contribution in [-0.4, -0.2) is 70.3 Å². The predicted molar refractivity (Wildman–Crippen MR) is 150 cm³/mol. The van der Waals surface area contributed by atoms with Crippen molar-refractivity contribution in [3.05, 3.63) is 77.9 Å². The molecule has 3 aromatic rings. The van der Waals surface area contributed by atoms with Gasteiger partial charge in [0.05, 0.1) is 37.8 Å². The average molecular weight is 533 g/mol. The van der Waals surface area contributed by atoms with E-state index >= 15 is 0 Å². The van der Waals surface area contributed by atoms with Gasteiger partial charge in [-0.25, -0.2) is 4.98 Å². The van der Waals surface area contributed by atoms with Crippen LogP contribution in [0.3, 0.4) is 0 Å². The molecule has 2 saturated heterocycles. The minimum Gasteiger partial charge on any atom is -0.497 e. The zero-order chi connectivity index (χ0) is 27.6. The molecule has 2 aromatic carbocycles. The van der Waals surface area contributed by atoms with Gasteiger partial charge in [0.1, 0.15) is 11.5 Å². The molecule has 2 aliphatic heterocycles. The first-order valence-corrected chi connectivity index (χ1v) is 13.8. The van der Waals surface area contributed by atoms with E-state index in [9.17, 15) is 4.79 Å². The predicted octanol–water partition coefficient (Wildman–Crippen LogP) is 4.66. The van der Waals surface area contributed by atoms with E-state index in [0.717, 1.165) is 29.3 Å². The number of amides is 1. The Kier molecular flexibility index (Phi) is 7.96. The minimum absolute atomic E-state index is 0.0387. The number of methoxy groups -OCH3 is 1. The highest BCUT2D eigenvalue weighted by Crippen LogP contribution is 2.42. The summed E-state index contributed by atoms with van der Waals surface area (Å²) in [5.74, 6) is 1.55. The molecule has 5 rings (SSSR count). The van der Waals surface area contributed by atoms with Crippen LogP contribution in [0.5, 0.6) is 11.5 Å². The molecule has 0 N–H and O–H groups in total. The van der Waals surface area contributed by atoms with Crippen molar-refractivity contribution in [1.29, 1.82) is 0 Å². The van der Waals surface area contributed by atoms with E-state index in [1.807, 2.05) is 61.5 Å². The lowest BCUT2D eigenvalue weighted by molar-refractivity contribution is -0.173. The summed E-state index contributed by atoms with van der Waals surface area (Å²) in [5, 5.41) is 0. The first-order chi connectivity index (χ1) is 18.8. The van der Waals surface area contributed by atoms with Crippen molar-refractivity contribution in [1.82, 2.24) is 19.4 Å². The second-order valence-electron chi connectivity index (χ2n) is 11.2. The number of likely N-dealkylation sites (tertiary alicyclic amines) is 1. The summed E-state index contributed by atoms with van der Waals surface area (Å²) < 4.78 is 19.7. The van der Waals surface area contributed by atoms with Gasteiger partial charge in [0.2, 0.25) is 0 Å². The van der Waals surface area contributed by atoms with Crippen molar-refractivity contribution in [2.24, 2.45) is 0 Å². The van der Waals surface area contributed by atoms with E-state index in [0.29, 0.717) is 38.8 Å². The highest BCUT2D eigenvalue weighted by Gasteiger charge is 2.57. The molecular formula is C31H40N4O4. The van der Waals surface area contributed by atoms with E-state index in [1.54, 1.807) is 7.11 Å². The average Bonchev–Trinajstić information content (AvgIpc) is 3.54. The number of nitrogens with zero attached hydrogens (tertiary/aromatic N) is 4.